The zero-order valence-corrected chi connectivity index (χ0v) is 16.0. The van der Waals surface area contributed by atoms with Gasteiger partial charge in [0.1, 0.15) is 0 Å². The van der Waals surface area contributed by atoms with E-state index in [0.29, 0.717) is 19.8 Å². The van der Waals surface area contributed by atoms with E-state index in [-0.39, 0.29) is 5.57 Å². The number of hydrogen-bond acceptors (Lipinski definition) is 4. The molecule has 0 fully saturated rings. The molecule has 134 valence electrons. The van der Waals surface area contributed by atoms with Crippen molar-refractivity contribution in [1.29, 1.82) is 0 Å². The molecular formula is C17H32O5Si. The summed E-state index contributed by atoms with van der Waals surface area (Å²) in [7, 11) is -3.04. The monoisotopic (exact) mass is 344 g/mol. The Morgan fingerprint density at radius 2 is 1.35 bits per heavy atom. The molecule has 0 aliphatic heterocycles. The van der Waals surface area contributed by atoms with Gasteiger partial charge >= 0.3 is 14.8 Å². The molecule has 0 radical (unpaired) electrons. The van der Waals surface area contributed by atoms with Gasteiger partial charge < -0.3 is 18.4 Å². The maximum atomic E-state index is 11.0. The molecular weight excluding hydrogens is 312 g/mol. The summed E-state index contributed by atoms with van der Waals surface area (Å²) in [6.45, 7) is 9.41. The quantitative estimate of drug-likeness (QED) is 0.222. The van der Waals surface area contributed by atoms with E-state index in [1.165, 1.54) is 6.92 Å². The second-order valence-corrected chi connectivity index (χ2v) is 7.79. The minimum Gasteiger partial charge on any atom is -0.477 e. The molecule has 23 heavy (non-hydrogen) atoms. The lowest BCUT2D eigenvalue weighted by molar-refractivity contribution is -0.132. The van der Waals surface area contributed by atoms with Crippen molar-refractivity contribution in [2.24, 2.45) is 0 Å². The third-order valence-corrected chi connectivity index (χ3v) is 5.51. The second kappa shape index (κ2) is 13.5. The highest BCUT2D eigenvalue weighted by Gasteiger charge is 2.38. The lowest BCUT2D eigenvalue weighted by Crippen LogP contribution is -2.45. The molecule has 0 atom stereocenters. The molecule has 0 aromatic heterocycles. The first-order valence-corrected chi connectivity index (χ1v) is 10.4. The first kappa shape index (κ1) is 22.1. The Kier molecular flexibility index (Phi) is 13.0. The highest BCUT2D eigenvalue weighted by Crippen LogP contribution is 2.15. The van der Waals surface area contributed by atoms with Crippen molar-refractivity contribution in [2.45, 2.75) is 66.2 Å². The van der Waals surface area contributed by atoms with Crippen LogP contribution in [0.2, 0.25) is 0 Å². The van der Waals surface area contributed by atoms with Gasteiger partial charge in [0.05, 0.1) is 5.57 Å². The van der Waals surface area contributed by atoms with Crippen LogP contribution >= 0.6 is 0 Å². The zero-order valence-electron chi connectivity index (χ0n) is 15.0. The van der Waals surface area contributed by atoms with Crippen LogP contribution in [0.1, 0.15) is 66.2 Å². The van der Waals surface area contributed by atoms with Gasteiger partial charge in [0.2, 0.25) is 0 Å². The summed E-state index contributed by atoms with van der Waals surface area (Å²) >= 11 is 0. The third kappa shape index (κ3) is 10.5. The second-order valence-electron chi connectivity index (χ2n) is 5.43. The van der Waals surface area contributed by atoms with Gasteiger partial charge in [0, 0.05) is 25.5 Å². The fraction of sp³-hybridized carbons (Fsp3) is 0.765. The van der Waals surface area contributed by atoms with Crippen LogP contribution in [0.15, 0.2) is 17.0 Å². The average Bonchev–Trinajstić information content (AvgIpc) is 2.53. The number of carboxylic acids is 1. The van der Waals surface area contributed by atoms with E-state index >= 15 is 0 Å². The van der Waals surface area contributed by atoms with Crippen LogP contribution in [0.4, 0.5) is 0 Å². The number of aliphatic carboxylic acids is 1. The molecule has 0 aliphatic rings. The van der Waals surface area contributed by atoms with Crippen molar-refractivity contribution >= 4 is 14.8 Å². The Bertz CT molecular complexity index is 362. The van der Waals surface area contributed by atoms with Crippen LogP contribution < -0.4 is 0 Å². The molecule has 0 unspecified atom stereocenters. The van der Waals surface area contributed by atoms with Crippen molar-refractivity contribution < 1.29 is 23.2 Å². The SMILES string of the molecule is CCCCO[Si](C=C=C(C)C(=O)O)(OCCCC)OCCCC. The Balaban J connectivity index is 5.23. The van der Waals surface area contributed by atoms with Crippen molar-refractivity contribution in [1.82, 2.24) is 0 Å². The van der Waals surface area contributed by atoms with Crippen molar-refractivity contribution in [3.05, 3.63) is 17.0 Å². The van der Waals surface area contributed by atoms with Crippen LogP contribution in [0.5, 0.6) is 0 Å². The highest BCUT2D eigenvalue weighted by atomic mass is 28.4. The molecule has 0 amide bonds. The molecule has 6 heteroatoms. The Labute approximate surface area is 141 Å². The molecule has 5 nitrogen and oxygen atoms in total. The molecule has 0 saturated carbocycles. The molecule has 0 aromatic rings. The van der Waals surface area contributed by atoms with E-state index in [0.717, 1.165) is 38.5 Å². The van der Waals surface area contributed by atoms with Gasteiger partial charge in [-0.25, -0.2) is 4.79 Å². The van der Waals surface area contributed by atoms with Crippen LogP contribution in [0.3, 0.4) is 0 Å². The number of unbranched alkanes of at least 4 members (excludes halogenated alkanes) is 3. The molecule has 0 aromatic carbocycles. The summed E-state index contributed by atoms with van der Waals surface area (Å²) in [4.78, 5) is 11.0. The molecule has 0 spiro atoms. The molecule has 0 rings (SSSR count). The fourth-order valence-corrected chi connectivity index (χ4v) is 3.76. The minimum atomic E-state index is -3.04. The van der Waals surface area contributed by atoms with E-state index in [1.54, 1.807) is 5.70 Å². The summed E-state index contributed by atoms with van der Waals surface area (Å²) in [5, 5.41) is 8.99. The van der Waals surface area contributed by atoms with Gasteiger partial charge in [-0.3, -0.25) is 0 Å². The highest BCUT2D eigenvalue weighted by molar-refractivity contribution is 6.66. The van der Waals surface area contributed by atoms with Gasteiger partial charge in [-0.2, -0.15) is 0 Å². The maximum absolute atomic E-state index is 11.0. The molecule has 0 aliphatic carbocycles. The number of hydrogen-bond donors (Lipinski definition) is 1. The molecule has 0 heterocycles. The fourth-order valence-electron chi connectivity index (χ4n) is 1.58. The minimum absolute atomic E-state index is 0.124. The lowest BCUT2D eigenvalue weighted by Gasteiger charge is -2.26. The van der Waals surface area contributed by atoms with Crippen molar-refractivity contribution in [2.75, 3.05) is 19.8 Å². The largest absolute Gasteiger partial charge is 0.537 e. The summed E-state index contributed by atoms with van der Waals surface area (Å²) < 4.78 is 17.9. The third-order valence-electron chi connectivity index (χ3n) is 3.19. The average molecular weight is 345 g/mol. The maximum Gasteiger partial charge on any atom is 0.537 e. The van der Waals surface area contributed by atoms with Gasteiger partial charge in [0.25, 0.3) is 0 Å². The summed E-state index contributed by atoms with van der Waals surface area (Å²) in [5.41, 5.74) is 4.50. The Morgan fingerprint density at radius 1 is 0.957 bits per heavy atom. The van der Waals surface area contributed by atoms with E-state index in [1.807, 2.05) is 0 Å². The summed E-state index contributed by atoms with van der Waals surface area (Å²) in [6, 6.07) is 0. The summed E-state index contributed by atoms with van der Waals surface area (Å²) in [6.07, 6.45) is 5.79. The van der Waals surface area contributed by atoms with Crippen LogP contribution in [0, 0.1) is 0 Å². The van der Waals surface area contributed by atoms with Gasteiger partial charge in [-0.1, -0.05) is 40.0 Å². The van der Waals surface area contributed by atoms with Crippen LogP contribution in [-0.4, -0.2) is 39.7 Å². The van der Waals surface area contributed by atoms with Crippen molar-refractivity contribution in [3.63, 3.8) is 0 Å². The predicted octanol–water partition coefficient (Wildman–Crippen LogP) is 4.10. The zero-order chi connectivity index (χ0) is 17.6. The van der Waals surface area contributed by atoms with E-state index < -0.39 is 14.8 Å². The standard InChI is InChI=1S/C17H32O5Si/c1-5-8-12-20-23(21-13-9-6-2,22-14-10-7-3)15-11-16(4)17(18)19/h15H,5-10,12-14H2,1-4H3,(H,18,19). The first-order valence-electron chi connectivity index (χ1n) is 8.60. The van der Waals surface area contributed by atoms with Crippen LogP contribution in [-0.2, 0) is 18.1 Å². The normalized spacial score (nSPS) is 11.1. The molecule has 0 saturated heterocycles. The smallest absolute Gasteiger partial charge is 0.477 e. The predicted molar refractivity (Wildman–Crippen MR) is 93.2 cm³/mol. The Hall–Kier alpha value is -0.913. The van der Waals surface area contributed by atoms with E-state index in [2.05, 4.69) is 26.5 Å². The number of carboxylic acid groups (broad SMARTS) is 1. The van der Waals surface area contributed by atoms with E-state index in [4.69, 9.17) is 18.4 Å². The number of carbonyl (C=O) groups is 1. The van der Waals surface area contributed by atoms with Crippen molar-refractivity contribution in [3.8, 4) is 0 Å². The molecule has 0 bridgehead atoms. The Morgan fingerprint density at radius 3 is 1.65 bits per heavy atom. The van der Waals surface area contributed by atoms with Gasteiger partial charge in [-0.15, -0.1) is 5.73 Å². The molecule has 1 N–H and O–H groups in total. The lowest BCUT2D eigenvalue weighted by atomic mass is 10.3. The van der Waals surface area contributed by atoms with E-state index in [9.17, 15) is 4.79 Å². The van der Waals surface area contributed by atoms with Gasteiger partial charge in [-0.05, 0) is 26.2 Å². The first-order chi connectivity index (χ1) is 11.0. The van der Waals surface area contributed by atoms with Gasteiger partial charge in [0.15, 0.2) is 0 Å². The number of rotatable bonds is 14. The topological polar surface area (TPSA) is 65.0 Å². The van der Waals surface area contributed by atoms with Crippen LogP contribution in [0.25, 0.3) is 0 Å². The summed E-state index contributed by atoms with van der Waals surface area (Å²) in [5.74, 6) is -1.00.